The van der Waals surface area contributed by atoms with Gasteiger partial charge < -0.3 is 29.7 Å². The minimum absolute atomic E-state index is 0.105. The Bertz CT molecular complexity index is 1670. The first-order chi connectivity index (χ1) is 20.2. The van der Waals surface area contributed by atoms with Crippen molar-refractivity contribution in [3.63, 3.8) is 0 Å². The van der Waals surface area contributed by atoms with E-state index in [4.69, 9.17) is 9.47 Å². The molecule has 1 amide bonds. The number of aliphatic hydroxyl groups excluding tert-OH is 2. The lowest BCUT2D eigenvalue weighted by molar-refractivity contribution is -0.275. The summed E-state index contributed by atoms with van der Waals surface area (Å²) < 4.78 is 83.0. The molecule has 0 bridgehead atoms. The number of hydrogen-bond donors (Lipinski definition) is 4. The van der Waals surface area contributed by atoms with Crippen molar-refractivity contribution < 1.29 is 50.8 Å². The van der Waals surface area contributed by atoms with Gasteiger partial charge in [0.25, 0.3) is 0 Å². The summed E-state index contributed by atoms with van der Waals surface area (Å²) in [5, 5.41) is 21.9. The van der Waals surface area contributed by atoms with E-state index in [0.717, 1.165) is 17.7 Å². The Labute approximate surface area is 245 Å². The van der Waals surface area contributed by atoms with Crippen LogP contribution in [0.3, 0.4) is 0 Å². The first-order valence-corrected chi connectivity index (χ1v) is 14.7. The second-order valence-corrected chi connectivity index (χ2v) is 12.5. The van der Waals surface area contributed by atoms with E-state index in [1.54, 1.807) is 37.3 Å². The van der Waals surface area contributed by atoms with Gasteiger partial charge in [0.05, 0.1) is 24.2 Å². The van der Waals surface area contributed by atoms with Gasteiger partial charge in [-0.2, -0.15) is 0 Å². The summed E-state index contributed by atoms with van der Waals surface area (Å²) in [7, 11) is -4.69. The number of amides is 1. The highest BCUT2D eigenvalue weighted by molar-refractivity contribution is 7.89. The van der Waals surface area contributed by atoms with E-state index in [0.29, 0.717) is 41.2 Å². The third-order valence-electron chi connectivity index (χ3n) is 7.45. The Morgan fingerprint density at radius 1 is 1.00 bits per heavy atom. The fraction of sp³-hybridized carbons (Fsp3) is 0.345. The predicted molar refractivity (Wildman–Crippen MR) is 148 cm³/mol. The maximum atomic E-state index is 13.4. The van der Waals surface area contributed by atoms with Crippen molar-refractivity contribution in [2.24, 2.45) is 0 Å². The maximum Gasteiger partial charge on any atom is 0.573 e. The van der Waals surface area contributed by atoms with Crippen LogP contribution in [0.1, 0.15) is 30.9 Å². The number of sulfonamides is 1. The van der Waals surface area contributed by atoms with Gasteiger partial charge in [0.15, 0.2) is 11.5 Å². The third kappa shape index (κ3) is 6.27. The largest absolute Gasteiger partial charge is 0.573 e. The standard InChI is InChI=1S/C29H29F3N2O8S/c1-17-3-6-20(33-26(37)28(9-10-28)19-5-7-22-23(12-19)41-16-40-22)13-21(17)18-4-8-25(24(11-18)42-29(30,31)32)43(38,39)34-27(2,14-35)15-36/h3-8,11-13,34-36H,9-10,14-16H2,1-2H3,(H,33,37). The van der Waals surface area contributed by atoms with Gasteiger partial charge in [0.1, 0.15) is 10.6 Å². The summed E-state index contributed by atoms with van der Waals surface area (Å²) in [4.78, 5) is 12.6. The molecule has 3 aromatic rings. The second kappa shape index (κ2) is 11.0. The average Bonchev–Trinajstić information content (AvgIpc) is 3.63. The van der Waals surface area contributed by atoms with Crippen LogP contribution < -0.4 is 24.2 Å². The van der Waals surface area contributed by atoms with Gasteiger partial charge in [-0.1, -0.05) is 18.2 Å². The molecule has 0 spiro atoms. The number of halogens is 3. The van der Waals surface area contributed by atoms with Crippen LogP contribution in [0, 0.1) is 6.92 Å². The van der Waals surface area contributed by atoms with Crippen molar-refractivity contribution in [1.82, 2.24) is 4.72 Å². The number of nitrogens with one attached hydrogen (secondary N) is 2. The van der Waals surface area contributed by atoms with Crippen molar-refractivity contribution in [3.8, 4) is 28.4 Å². The van der Waals surface area contributed by atoms with Crippen LogP contribution in [-0.2, 0) is 20.2 Å². The highest BCUT2D eigenvalue weighted by Crippen LogP contribution is 2.51. The third-order valence-corrected chi connectivity index (χ3v) is 9.13. The maximum absolute atomic E-state index is 13.4. The van der Waals surface area contributed by atoms with Crippen LogP contribution in [0.2, 0.25) is 0 Å². The number of hydrogen-bond acceptors (Lipinski definition) is 8. The van der Waals surface area contributed by atoms with E-state index in [9.17, 15) is 36.6 Å². The van der Waals surface area contributed by atoms with Crippen LogP contribution >= 0.6 is 0 Å². The van der Waals surface area contributed by atoms with Crippen LogP contribution in [0.15, 0.2) is 59.5 Å². The summed E-state index contributed by atoms with van der Waals surface area (Å²) in [5.41, 5.74) is -0.0955. The van der Waals surface area contributed by atoms with Gasteiger partial charge in [-0.15, -0.1) is 13.2 Å². The SMILES string of the molecule is Cc1ccc(NC(=O)C2(c3ccc4c(c3)OCO4)CC2)cc1-c1ccc(S(=O)(=O)NC(C)(CO)CO)c(OC(F)(F)F)c1. The number of aryl methyl sites for hydroxylation is 1. The van der Waals surface area contributed by atoms with E-state index in [2.05, 4.69) is 10.1 Å². The molecule has 0 radical (unpaired) electrons. The molecular weight excluding hydrogens is 593 g/mol. The Morgan fingerprint density at radius 3 is 2.35 bits per heavy atom. The lowest BCUT2D eigenvalue weighted by Gasteiger charge is -2.26. The molecule has 4 N–H and O–H groups in total. The highest BCUT2D eigenvalue weighted by atomic mass is 32.2. The topological polar surface area (TPSA) is 143 Å². The molecule has 1 aliphatic carbocycles. The van der Waals surface area contributed by atoms with E-state index >= 15 is 0 Å². The minimum Gasteiger partial charge on any atom is -0.454 e. The Kier molecular flexibility index (Phi) is 7.84. The molecule has 0 saturated heterocycles. The molecule has 43 heavy (non-hydrogen) atoms. The molecule has 0 aromatic heterocycles. The number of ether oxygens (including phenoxy) is 3. The molecule has 5 rings (SSSR count). The van der Waals surface area contributed by atoms with Crippen molar-refractivity contribution in [1.29, 1.82) is 0 Å². The quantitative estimate of drug-likeness (QED) is 0.266. The molecule has 3 aromatic carbocycles. The molecule has 10 nitrogen and oxygen atoms in total. The van der Waals surface area contributed by atoms with E-state index in [1.165, 1.54) is 13.0 Å². The van der Waals surface area contributed by atoms with Crippen molar-refractivity contribution in [2.75, 3.05) is 25.3 Å². The number of anilines is 1. The normalized spacial score (nSPS) is 15.7. The summed E-state index contributed by atoms with van der Waals surface area (Å²) >= 11 is 0. The molecule has 2 aliphatic rings. The van der Waals surface area contributed by atoms with Gasteiger partial charge in [-0.25, -0.2) is 13.1 Å². The molecule has 230 valence electrons. The van der Waals surface area contributed by atoms with Crippen LogP contribution in [0.4, 0.5) is 18.9 Å². The fourth-order valence-electron chi connectivity index (χ4n) is 4.82. The van der Waals surface area contributed by atoms with Crippen molar-refractivity contribution in [3.05, 3.63) is 65.7 Å². The molecule has 1 aliphatic heterocycles. The molecule has 1 heterocycles. The molecule has 0 unspecified atom stereocenters. The molecular formula is C29H29F3N2O8S. The average molecular weight is 623 g/mol. The summed E-state index contributed by atoms with van der Waals surface area (Å²) in [6, 6.07) is 13.4. The predicted octanol–water partition coefficient (Wildman–Crippen LogP) is 3.98. The first kappa shape index (κ1) is 30.6. The Morgan fingerprint density at radius 2 is 1.70 bits per heavy atom. The molecule has 1 saturated carbocycles. The monoisotopic (exact) mass is 622 g/mol. The lowest BCUT2D eigenvalue weighted by Crippen LogP contribution is -2.51. The Balaban J connectivity index is 1.45. The highest BCUT2D eigenvalue weighted by Gasteiger charge is 2.51. The molecule has 1 fully saturated rings. The van der Waals surface area contributed by atoms with Crippen LogP contribution in [0.5, 0.6) is 17.2 Å². The molecule has 0 atom stereocenters. The van der Waals surface area contributed by atoms with Crippen molar-refractivity contribution >= 4 is 21.6 Å². The van der Waals surface area contributed by atoms with Crippen LogP contribution in [0.25, 0.3) is 11.1 Å². The zero-order valence-electron chi connectivity index (χ0n) is 23.1. The zero-order valence-corrected chi connectivity index (χ0v) is 23.9. The van der Waals surface area contributed by atoms with E-state index < -0.39 is 51.2 Å². The zero-order chi connectivity index (χ0) is 31.2. The smallest absolute Gasteiger partial charge is 0.454 e. The van der Waals surface area contributed by atoms with Gasteiger partial charge in [-0.05, 0) is 85.3 Å². The second-order valence-electron chi connectivity index (χ2n) is 10.8. The number of carbonyl (C=O) groups is 1. The summed E-state index contributed by atoms with van der Waals surface area (Å²) in [5.74, 6) is -0.110. The van der Waals surface area contributed by atoms with E-state index in [1.807, 2.05) is 10.8 Å². The fourth-order valence-corrected chi connectivity index (χ4v) is 6.32. The van der Waals surface area contributed by atoms with E-state index in [-0.39, 0.29) is 18.3 Å². The number of alkyl halides is 3. The van der Waals surface area contributed by atoms with Gasteiger partial charge in [0.2, 0.25) is 22.7 Å². The summed E-state index contributed by atoms with van der Waals surface area (Å²) in [6.07, 6.45) is -3.99. The number of benzene rings is 3. The Hall–Kier alpha value is -3.85. The minimum atomic E-state index is -5.22. The number of aliphatic hydroxyl groups is 2. The first-order valence-electron chi connectivity index (χ1n) is 13.2. The van der Waals surface area contributed by atoms with Gasteiger partial charge in [-0.3, -0.25) is 4.79 Å². The van der Waals surface area contributed by atoms with Gasteiger partial charge >= 0.3 is 6.36 Å². The van der Waals surface area contributed by atoms with Crippen molar-refractivity contribution in [2.45, 2.75) is 48.9 Å². The number of fused-ring (bicyclic) bond motifs is 1. The molecule has 14 heteroatoms. The lowest BCUT2D eigenvalue weighted by atomic mass is 9.94. The number of rotatable bonds is 10. The van der Waals surface area contributed by atoms with Crippen LogP contribution in [-0.4, -0.2) is 56.4 Å². The number of carbonyl (C=O) groups excluding carboxylic acids is 1. The summed E-state index contributed by atoms with van der Waals surface area (Å²) in [6.45, 7) is 1.37. The van der Waals surface area contributed by atoms with Gasteiger partial charge in [0, 0.05) is 5.69 Å².